The molecule has 0 radical (unpaired) electrons. The van der Waals surface area contributed by atoms with Gasteiger partial charge in [-0.15, -0.1) is 17.9 Å². The summed E-state index contributed by atoms with van der Waals surface area (Å²) in [6.07, 6.45) is 4.70. The van der Waals surface area contributed by atoms with E-state index in [0.29, 0.717) is 28.7 Å². The van der Waals surface area contributed by atoms with Gasteiger partial charge >= 0.3 is 0 Å². The summed E-state index contributed by atoms with van der Waals surface area (Å²) >= 11 is 1.58. The smallest absolute Gasteiger partial charge is 0.277 e. The number of hydrogen-bond donors (Lipinski definition) is 0. The Morgan fingerprint density at radius 3 is 2.83 bits per heavy atom. The Hall–Kier alpha value is -2.71. The minimum Gasteiger partial charge on any atom is -0.303 e. The van der Waals surface area contributed by atoms with Gasteiger partial charge in [0.15, 0.2) is 0 Å². The van der Waals surface area contributed by atoms with Crippen molar-refractivity contribution in [2.24, 2.45) is 16.3 Å². The second-order valence-electron chi connectivity index (χ2n) is 8.78. The van der Waals surface area contributed by atoms with Crippen molar-refractivity contribution in [1.82, 2.24) is 0 Å². The zero-order valence-corrected chi connectivity index (χ0v) is 18.0. The molecule has 2 aromatic rings. The number of nitriles is 1. The quantitative estimate of drug-likeness (QED) is 0.642. The van der Waals surface area contributed by atoms with Crippen LogP contribution in [0.15, 0.2) is 41.9 Å². The average Bonchev–Trinajstić information content (AvgIpc) is 3.17. The van der Waals surface area contributed by atoms with E-state index in [1.54, 1.807) is 22.3 Å². The van der Waals surface area contributed by atoms with Crippen LogP contribution in [0.4, 0.5) is 10.7 Å². The van der Waals surface area contributed by atoms with E-state index in [1.165, 1.54) is 4.88 Å². The van der Waals surface area contributed by atoms with E-state index in [-0.39, 0.29) is 11.3 Å². The largest absolute Gasteiger partial charge is 0.303 e. The lowest BCUT2D eigenvalue weighted by Gasteiger charge is -2.33. The molecule has 2 heterocycles. The summed E-state index contributed by atoms with van der Waals surface area (Å²) in [7, 11) is 0. The zero-order chi connectivity index (χ0) is 20.8. The number of thiophene rings is 1. The molecule has 148 valence electrons. The van der Waals surface area contributed by atoms with Gasteiger partial charge in [-0.25, -0.2) is 4.99 Å². The van der Waals surface area contributed by atoms with Crippen molar-refractivity contribution in [1.29, 1.82) is 5.26 Å². The SMILES string of the molecule is C=CCN1C(=O)C(=Nc2sc3c(c2C#N)CC[C@H](C(C)(C)C)C3)c2ccccc21. The number of anilines is 1. The highest BCUT2D eigenvalue weighted by Gasteiger charge is 2.35. The lowest BCUT2D eigenvalue weighted by atomic mass is 9.72. The molecule has 1 aliphatic carbocycles. The molecule has 1 aliphatic heterocycles. The third kappa shape index (κ3) is 3.32. The summed E-state index contributed by atoms with van der Waals surface area (Å²) in [5.74, 6) is 0.464. The van der Waals surface area contributed by atoms with Crippen molar-refractivity contribution in [3.05, 3.63) is 58.5 Å². The first-order valence-electron chi connectivity index (χ1n) is 10.0. The summed E-state index contributed by atoms with van der Waals surface area (Å²) in [6.45, 7) is 11.1. The highest BCUT2D eigenvalue weighted by atomic mass is 32.1. The number of carbonyl (C=O) groups is 1. The van der Waals surface area contributed by atoms with E-state index in [2.05, 4.69) is 33.4 Å². The first-order valence-corrected chi connectivity index (χ1v) is 10.8. The molecule has 0 bridgehead atoms. The maximum Gasteiger partial charge on any atom is 0.277 e. The monoisotopic (exact) mass is 403 g/mol. The van der Waals surface area contributed by atoms with Gasteiger partial charge in [0.1, 0.15) is 16.8 Å². The number of nitrogens with zero attached hydrogens (tertiary/aromatic N) is 3. The second-order valence-corrected chi connectivity index (χ2v) is 9.87. The molecule has 2 aliphatic rings. The summed E-state index contributed by atoms with van der Waals surface area (Å²) in [5.41, 5.74) is 4.12. The van der Waals surface area contributed by atoms with E-state index in [0.717, 1.165) is 36.1 Å². The van der Waals surface area contributed by atoms with Crippen LogP contribution in [0.5, 0.6) is 0 Å². The standard InChI is InChI=1S/C24H25N3OS/c1-5-12-27-19-9-7-6-8-17(19)21(23(27)28)26-22-18(14-25)16-11-10-15(24(2,3)4)13-20(16)29-22/h5-9,15H,1,10-13H2,2-4H3/t15-/m0/s1. The Morgan fingerprint density at radius 2 is 2.14 bits per heavy atom. The fourth-order valence-corrected chi connectivity index (χ4v) is 5.54. The number of carbonyl (C=O) groups excluding carboxylic acids is 1. The Kier molecular flexibility index (Phi) is 4.92. The first-order chi connectivity index (χ1) is 13.8. The molecule has 0 saturated carbocycles. The van der Waals surface area contributed by atoms with Crippen LogP contribution in [-0.2, 0) is 17.6 Å². The van der Waals surface area contributed by atoms with Crippen LogP contribution in [0.3, 0.4) is 0 Å². The molecule has 0 spiro atoms. The number of rotatable bonds is 3. The van der Waals surface area contributed by atoms with E-state index < -0.39 is 0 Å². The van der Waals surface area contributed by atoms with Crippen LogP contribution >= 0.6 is 11.3 Å². The fourth-order valence-electron chi connectivity index (χ4n) is 4.29. The molecule has 4 rings (SSSR count). The van der Waals surface area contributed by atoms with E-state index >= 15 is 0 Å². The number of amides is 1. The van der Waals surface area contributed by atoms with Gasteiger partial charge in [0.25, 0.3) is 5.91 Å². The molecule has 1 atom stereocenters. The Morgan fingerprint density at radius 1 is 1.38 bits per heavy atom. The molecule has 1 amide bonds. The molecule has 0 N–H and O–H groups in total. The van der Waals surface area contributed by atoms with E-state index in [4.69, 9.17) is 4.99 Å². The number of fused-ring (bicyclic) bond motifs is 2. The van der Waals surface area contributed by atoms with Gasteiger partial charge in [0, 0.05) is 17.0 Å². The van der Waals surface area contributed by atoms with Crippen molar-refractivity contribution in [2.45, 2.75) is 40.0 Å². The fraction of sp³-hybridized carbons (Fsp3) is 0.375. The lowest BCUT2D eigenvalue weighted by molar-refractivity contribution is -0.112. The summed E-state index contributed by atoms with van der Waals surface area (Å²) in [6, 6.07) is 10.1. The predicted octanol–water partition coefficient (Wildman–Crippen LogP) is 5.42. The number of benzene rings is 1. The summed E-state index contributed by atoms with van der Waals surface area (Å²) in [4.78, 5) is 20.8. The Labute approximate surface area is 176 Å². The van der Waals surface area contributed by atoms with Crippen molar-refractivity contribution in [2.75, 3.05) is 11.4 Å². The molecular formula is C24H25N3OS. The number of para-hydroxylation sites is 1. The molecule has 0 fully saturated rings. The molecule has 0 saturated heterocycles. The molecule has 1 aromatic carbocycles. The topological polar surface area (TPSA) is 56.5 Å². The average molecular weight is 404 g/mol. The van der Waals surface area contributed by atoms with Crippen LogP contribution in [0, 0.1) is 22.7 Å². The van der Waals surface area contributed by atoms with Crippen LogP contribution < -0.4 is 4.90 Å². The highest BCUT2D eigenvalue weighted by molar-refractivity contribution is 7.16. The second kappa shape index (κ2) is 7.27. The number of hydrogen-bond acceptors (Lipinski definition) is 4. The molecule has 1 aromatic heterocycles. The van der Waals surface area contributed by atoms with Gasteiger partial charge in [0.05, 0.1) is 11.3 Å². The van der Waals surface area contributed by atoms with Crippen LogP contribution in [-0.4, -0.2) is 18.2 Å². The van der Waals surface area contributed by atoms with E-state index in [9.17, 15) is 10.1 Å². The van der Waals surface area contributed by atoms with Gasteiger partial charge in [-0.05, 0) is 42.2 Å². The van der Waals surface area contributed by atoms with Crippen LogP contribution in [0.1, 0.15) is 48.8 Å². The molecule has 4 nitrogen and oxygen atoms in total. The highest BCUT2D eigenvalue weighted by Crippen LogP contribution is 2.45. The van der Waals surface area contributed by atoms with Crippen molar-refractivity contribution >= 4 is 33.6 Å². The van der Waals surface area contributed by atoms with Gasteiger partial charge in [-0.1, -0.05) is 45.0 Å². The van der Waals surface area contributed by atoms with Crippen LogP contribution in [0.25, 0.3) is 0 Å². The van der Waals surface area contributed by atoms with Crippen molar-refractivity contribution < 1.29 is 4.79 Å². The van der Waals surface area contributed by atoms with Crippen LogP contribution in [0.2, 0.25) is 0 Å². The minimum absolute atomic E-state index is 0.131. The van der Waals surface area contributed by atoms with Gasteiger partial charge < -0.3 is 4.90 Å². The minimum atomic E-state index is -0.131. The summed E-state index contributed by atoms with van der Waals surface area (Å²) < 4.78 is 0. The Bertz CT molecular complexity index is 1060. The van der Waals surface area contributed by atoms with E-state index in [1.807, 2.05) is 24.3 Å². The van der Waals surface area contributed by atoms with Crippen molar-refractivity contribution in [3.63, 3.8) is 0 Å². The third-order valence-electron chi connectivity index (χ3n) is 6.01. The van der Waals surface area contributed by atoms with Gasteiger partial charge in [-0.2, -0.15) is 5.26 Å². The first kappa shape index (κ1) is 19.6. The maximum atomic E-state index is 13.1. The number of aliphatic imine (C=N–C) groups is 1. The predicted molar refractivity (Wildman–Crippen MR) is 119 cm³/mol. The van der Waals surface area contributed by atoms with Crippen molar-refractivity contribution in [3.8, 4) is 6.07 Å². The molecular weight excluding hydrogens is 378 g/mol. The molecule has 5 heteroatoms. The molecule has 29 heavy (non-hydrogen) atoms. The zero-order valence-electron chi connectivity index (χ0n) is 17.2. The van der Waals surface area contributed by atoms with Gasteiger partial charge in [-0.3, -0.25) is 4.79 Å². The van der Waals surface area contributed by atoms with Gasteiger partial charge in [0.2, 0.25) is 0 Å². The maximum absolute atomic E-state index is 13.1. The lowest BCUT2D eigenvalue weighted by Crippen LogP contribution is -2.30. The summed E-state index contributed by atoms with van der Waals surface area (Å²) in [5, 5.41) is 10.5. The Balaban J connectivity index is 1.78. The third-order valence-corrected chi connectivity index (χ3v) is 7.15. The molecule has 0 unspecified atom stereocenters. The normalized spacial score (nSPS) is 19.8.